The summed E-state index contributed by atoms with van der Waals surface area (Å²) < 4.78 is 4.92. The molecule has 1 aliphatic rings. The van der Waals surface area contributed by atoms with E-state index in [0.29, 0.717) is 0 Å². The van der Waals surface area contributed by atoms with Crippen molar-refractivity contribution in [1.29, 1.82) is 0 Å². The highest BCUT2D eigenvalue weighted by Gasteiger charge is 2.31. The number of carbonyl (C=O) groups excluding carboxylic acids is 1. The summed E-state index contributed by atoms with van der Waals surface area (Å²) in [6.07, 6.45) is 3.24. The highest BCUT2D eigenvalue weighted by atomic mass is 35.5. The number of ether oxygens (including phenoxy) is 1. The highest BCUT2D eigenvalue weighted by Crippen LogP contribution is 2.28. The third-order valence-electron chi connectivity index (χ3n) is 1.63. The molecule has 0 aromatic heterocycles. The van der Waals surface area contributed by atoms with Gasteiger partial charge in [0, 0.05) is 0 Å². The van der Waals surface area contributed by atoms with E-state index in [0.717, 1.165) is 12.8 Å². The van der Waals surface area contributed by atoms with E-state index in [1.807, 2.05) is 0 Å². The van der Waals surface area contributed by atoms with Crippen molar-refractivity contribution in [3.05, 3.63) is 6.42 Å². The van der Waals surface area contributed by atoms with Crippen LogP contribution in [0.25, 0.3) is 0 Å². The van der Waals surface area contributed by atoms with Crippen LogP contribution in [0.4, 0.5) is 0 Å². The Morgan fingerprint density at radius 2 is 2.40 bits per heavy atom. The van der Waals surface area contributed by atoms with Crippen LogP contribution >= 0.6 is 11.6 Å². The van der Waals surface area contributed by atoms with E-state index in [1.54, 1.807) is 6.92 Å². The second-order valence-corrected chi connectivity index (χ2v) is 2.92. The van der Waals surface area contributed by atoms with E-state index >= 15 is 0 Å². The van der Waals surface area contributed by atoms with Crippen LogP contribution < -0.4 is 0 Å². The first kappa shape index (κ1) is 7.86. The fraction of sp³-hybridized carbons (Fsp3) is 0.714. The third-order valence-corrected chi connectivity index (χ3v) is 2.13. The van der Waals surface area contributed by atoms with Crippen molar-refractivity contribution in [1.82, 2.24) is 0 Å². The molecule has 0 aliphatic heterocycles. The number of halogens is 1. The summed E-state index contributed by atoms with van der Waals surface area (Å²) >= 11 is 5.72. The van der Waals surface area contributed by atoms with Crippen molar-refractivity contribution < 1.29 is 9.53 Å². The van der Waals surface area contributed by atoms with E-state index < -0.39 is 0 Å². The molecule has 0 aromatic rings. The van der Waals surface area contributed by atoms with Crippen LogP contribution in [0.3, 0.4) is 0 Å². The Morgan fingerprint density at radius 3 is 2.70 bits per heavy atom. The molecule has 2 atom stereocenters. The van der Waals surface area contributed by atoms with Crippen LogP contribution in [0.15, 0.2) is 0 Å². The fourth-order valence-corrected chi connectivity index (χ4v) is 1.08. The summed E-state index contributed by atoms with van der Waals surface area (Å²) in [6, 6.07) is 0. The monoisotopic (exact) mass is 161 g/mol. The Kier molecular flexibility index (Phi) is 2.55. The Balaban J connectivity index is 2.19. The summed E-state index contributed by atoms with van der Waals surface area (Å²) in [7, 11) is 0. The summed E-state index contributed by atoms with van der Waals surface area (Å²) in [5.41, 5.74) is 0. The largest absolute Gasteiger partial charge is 0.461 e. The van der Waals surface area contributed by atoms with Crippen molar-refractivity contribution in [2.75, 3.05) is 0 Å². The summed E-state index contributed by atoms with van der Waals surface area (Å²) in [5, 5.41) is 0.0453. The number of hydrogen-bond donors (Lipinski definition) is 0. The van der Waals surface area contributed by atoms with Gasteiger partial charge in [0.25, 0.3) is 0 Å². The van der Waals surface area contributed by atoms with Gasteiger partial charge in [-0.15, -0.1) is 11.6 Å². The van der Waals surface area contributed by atoms with Crippen LogP contribution in [-0.2, 0) is 9.53 Å². The van der Waals surface area contributed by atoms with E-state index in [1.165, 1.54) is 6.42 Å². The Labute approximate surface area is 65.5 Å². The number of rotatable bonds is 2. The van der Waals surface area contributed by atoms with Crippen LogP contribution in [0.1, 0.15) is 19.8 Å². The molecule has 0 bridgehead atoms. The minimum atomic E-state index is -0.268. The van der Waals surface area contributed by atoms with E-state index in [9.17, 15) is 4.79 Å². The molecule has 2 nitrogen and oxygen atoms in total. The SMILES string of the molecule is C[CH]C(=O)OC1CCC1Cl. The first-order chi connectivity index (χ1) is 4.74. The number of esters is 1. The summed E-state index contributed by atoms with van der Waals surface area (Å²) in [5.74, 6) is -0.268. The second-order valence-electron chi connectivity index (χ2n) is 2.36. The zero-order valence-electron chi connectivity index (χ0n) is 5.84. The number of carbonyl (C=O) groups is 1. The van der Waals surface area contributed by atoms with Crippen LogP contribution in [0.2, 0.25) is 0 Å². The fourth-order valence-electron chi connectivity index (χ4n) is 0.779. The smallest absolute Gasteiger partial charge is 0.309 e. The molecular weight excluding hydrogens is 152 g/mol. The van der Waals surface area contributed by atoms with Crippen molar-refractivity contribution in [3.8, 4) is 0 Å². The lowest BCUT2D eigenvalue weighted by atomic mass is 9.95. The molecule has 0 aromatic carbocycles. The normalized spacial score (nSPS) is 31.0. The quantitative estimate of drug-likeness (QED) is 0.454. The van der Waals surface area contributed by atoms with E-state index in [2.05, 4.69) is 0 Å². The molecule has 0 saturated heterocycles. The molecular formula is C7H10ClO2. The lowest BCUT2D eigenvalue weighted by Gasteiger charge is -2.30. The summed E-state index contributed by atoms with van der Waals surface area (Å²) in [4.78, 5) is 10.6. The Morgan fingerprint density at radius 1 is 1.70 bits per heavy atom. The van der Waals surface area contributed by atoms with Crippen LogP contribution in [0, 0.1) is 6.42 Å². The average molecular weight is 162 g/mol. The van der Waals surface area contributed by atoms with Crippen molar-refractivity contribution in [3.63, 3.8) is 0 Å². The van der Waals surface area contributed by atoms with Gasteiger partial charge >= 0.3 is 5.97 Å². The van der Waals surface area contributed by atoms with Gasteiger partial charge < -0.3 is 4.74 Å². The van der Waals surface area contributed by atoms with Gasteiger partial charge in [0.15, 0.2) is 0 Å². The van der Waals surface area contributed by atoms with Crippen molar-refractivity contribution >= 4 is 17.6 Å². The standard InChI is InChI=1S/C7H10ClO2/c1-2-7(9)10-6-4-3-5(6)8/h2,5-6H,3-4H2,1H3. The molecule has 0 heterocycles. The van der Waals surface area contributed by atoms with Gasteiger partial charge in [0.05, 0.1) is 11.8 Å². The van der Waals surface area contributed by atoms with Gasteiger partial charge in [-0.1, -0.05) is 6.92 Å². The Hall–Kier alpha value is -0.240. The molecule has 0 N–H and O–H groups in total. The maximum absolute atomic E-state index is 10.6. The summed E-state index contributed by atoms with van der Waals surface area (Å²) in [6.45, 7) is 1.66. The zero-order valence-corrected chi connectivity index (χ0v) is 6.60. The van der Waals surface area contributed by atoms with E-state index in [4.69, 9.17) is 16.3 Å². The topological polar surface area (TPSA) is 26.3 Å². The number of alkyl halides is 1. The zero-order chi connectivity index (χ0) is 7.56. The van der Waals surface area contributed by atoms with Gasteiger partial charge in [0.2, 0.25) is 0 Å². The Bertz CT molecular complexity index is 136. The molecule has 1 saturated carbocycles. The van der Waals surface area contributed by atoms with Crippen molar-refractivity contribution in [2.45, 2.75) is 31.2 Å². The van der Waals surface area contributed by atoms with Crippen LogP contribution in [-0.4, -0.2) is 17.5 Å². The van der Waals surface area contributed by atoms with E-state index in [-0.39, 0.29) is 17.5 Å². The third kappa shape index (κ3) is 1.63. The van der Waals surface area contributed by atoms with Gasteiger partial charge in [-0.2, -0.15) is 0 Å². The molecule has 1 radical (unpaired) electrons. The molecule has 2 unspecified atom stereocenters. The van der Waals surface area contributed by atoms with Gasteiger partial charge in [-0.3, -0.25) is 4.79 Å². The maximum Gasteiger partial charge on any atom is 0.309 e. The van der Waals surface area contributed by atoms with Gasteiger partial charge in [-0.05, 0) is 12.8 Å². The molecule has 10 heavy (non-hydrogen) atoms. The molecule has 1 rings (SSSR count). The van der Waals surface area contributed by atoms with Gasteiger partial charge in [-0.25, -0.2) is 0 Å². The minimum absolute atomic E-state index is 0.0367. The molecule has 3 heteroatoms. The first-order valence-corrected chi connectivity index (χ1v) is 3.81. The predicted octanol–water partition coefficient (Wildman–Crippen LogP) is 1.52. The number of hydrogen-bond acceptors (Lipinski definition) is 2. The lowest BCUT2D eigenvalue weighted by Crippen LogP contribution is -2.36. The lowest BCUT2D eigenvalue weighted by molar-refractivity contribution is -0.148. The molecule has 0 amide bonds. The average Bonchev–Trinajstić information content (AvgIpc) is 1.96. The minimum Gasteiger partial charge on any atom is -0.461 e. The molecule has 1 fully saturated rings. The molecule has 57 valence electrons. The van der Waals surface area contributed by atoms with Crippen LogP contribution in [0.5, 0.6) is 0 Å². The second kappa shape index (κ2) is 3.24. The maximum atomic E-state index is 10.6. The van der Waals surface area contributed by atoms with Crippen molar-refractivity contribution in [2.24, 2.45) is 0 Å². The predicted molar refractivity (Wildman–Crippen MR) is 38.7 cm³/mol. The highest BCUT2D eigenvalue weighted by molar-refractivity contribution is 6.21. The molecule has 1 aliphatic carbocycles. The molecule has 0 spiro atoms. The van der Waals surface area contributed by atoms with Gasteiger partial charge in [0.1, 0.15) is 6.10 Å². The first-order valence-electron chi connectivity index (χ1n) is 3.38.